The zero-order valence-corrected chi connectivity index (χ0v) is 36.1. The number of hydrogen-bond donors (Lipinski definition) is 6. The summed E-state index contributed by atoms with van der Waals surface area (Å²) in [5.41, 5.74) is 9.09. The van der Waals surface area contributed by atoms with Crippen LogP contribution in [0.25, 0.3) is 6.08 Å². The molecule has 2 aliphatic rings. The lowest BCUT2D eigenvalue weighted by Gasteiger charge is -2.36. The molecule has 15 heteroatoms. The van der Waals surface area contributed by atoms with E-state index in [0.717, 1.165) is 43.5 Å². The van der Waals surface area contributed by atoms with Crippen LogP contribution in [-0.2, 0) is 25.5 Å². The Morgan fingerprint density at radius 1 is 0.984 bits per heavy atom. The third-order valence-electron chi connectivity index (χ3n) is 10.9. The fourth-order valence-electron chi connectivity index (χ4n) is 7.43. The first-order valence-electron chi connectivity index (χ1n) is 20.0. The Morgan fingerprint density at radius 2 is 1.66 bits per heavy atom. The van der Waals surface area contributed by atoms with Crippen LogP contribution in [-0.4, -0.2) is 103 Å². The van der Waals surface area contributed by atoms with Crippen LogP contribution in [0.5, 0.6) is 11.5 Å². The van der Waals surface area contributed by atoms with Crippen molar-refractivity contribution in [2.45, 2.75) is 65.1 Å². The monoisotopic (exact) mass is 857 g/mol. The van der Waals surface area contributed by atoms with Crippen LogP contribution < -0.4 is 21.3 Å². The molecule has 5 atom stereocenters. The maximum absolute atomic E-state index is 13.7. The summed E-state index contributed by atoms with van der Waals surface area (Å²) in [4.78, 5) is 43.7. The van der Waals surface area contributed by atoms with Gasteiger partial charge in [0.25, 0.3) is 11.8 Å². The molecule has 7 N–H and O–H groups in total. The number of piperazine rings is 1. The topological polar surface area (TPSA) is 196 Å². The molecule has 0 aromatic heterocycles. The number of primary amides is 1. The highest BCUT2D eigenvalue weighted by Crippen LogP contribution is 2.43. The van der Waals surface area contributed by atoms with Gasteiger partial charge >= 0.3 is 6.09 Å². The van der Waals surface area contributed by atoms with Crippen molar-refractivity contribution >= 4 is 52.6 Å². The average molecular weight is 858 g/mol. The standard InChI is InChI=1S/C46H56ClN5O9/c1-27-22-35-40(50-45(57)32-12-10-31(11-13-32)26-51-18-20-52(21-19-51)34-16-14-33(47)15-17-34)37(53)25-36(42(35)55)49-44(56)28(2)8-7-9-38(59-5)43(61-46(48)58)30(4)24-29(3)41(54)39(23-27)60-6/h7-17,22,24-25,29,38-39,41,43,53-55H,18-21,23,26H2,1-6H3,(H2,48,58)(H,49,56)(H,50,57)/b9-7?,27-22+,28-8+,30-24+/t29-,38-,39-,41+,43-/m0/s1. The van der Waals surface area contributed by atoms with Crippen LogP contribution >= 0.6 is 11.6 Å². The minimum atomic E-state index is -1.06. The quantitative estimate of drug-likeness (QED) is 0.0775. The Balaban J connectivity index is 1.41. The summed E-state index contributed by atoms with van der Waals surface area (Å²) in [6.45, 7) is 11.0. The SMILES string of the molecule is CO[C@H]1C=C/C=C(\C)C(=O)Nc2cc(O)c(NC(=O)c3ccc(CN4CCN(c5ccc(Cl)cc5)CC4)cc3)c(c2O)/C=C(\C)C[C@H](OC)[C@H](O)[C@@H](C)/C=C(\C)[C@@H]1OC(N)=O. The largest absolute Gasteiger partial charge is 0.506 e. The number of phenols is 2. The van der Waals surface area contributed by atoms with Crippen molar-refractivity contribution in [3.05, 3.63) is 117 Å². The number of phenolic OH excluding ortho intramolecular Hbond substituents is 2. The number of benzene rings is 3. The lowest BCUT2D eigenvalue weighted by Crippen LogP contribution is -2.45. The van der Waals surface area contributed by atoms with Crippen LogP contribution in [0.3, 0.4) is 0 Å². The van der Waals surface area contributed by atoms with Crippen molar-refractivity contribution in [2.24, 2.45) is 11.7 Å². The number of fused-ring (bicyclic) bond motifs is 2. The Hall–Kier alpha value is -5.64. The second-order valence-corrected chi connectivity index (χ2v) is 15.9. The Morgan fingerprint density at radius 3 is 2.28 bits per heavy atom. The molecule has 2 bridgehead atoms. The summed E-state index contributed by atoms with van der Waals surface area (Å²) in [5, 5.41) is 40.6. The first-order valence-corrected chi connectivity index (χ1v) is 20.4. The smallest absolute Gasteiger partial charge is 0.405 e. The van der Waals surface area contributed by atoms with E-state index in [2.05, 4.69) is 20.4 Å². The number of carbonyl (C=O) groups excluding carboxylic acids is 3. The number of rotatable bonds is 8. The van der Waals surface area contributed by atoms with Gasteiger partial charge in [-0.2, -0.15) is 0 Å². The van der Waals surface area contributed by atoms with E-state index in [9.17, 15) is 29.7 Å². The molecule has 0 unspecified atom stereocenters. The predicted molar refractivity (Wildman–Crippen MR) is 238 cm³/mol. The highest BCUT2D eigenvalue weighted by Gasteiger charge is 2.29. The molecule has 0 radical (unpaired) electrons. The summed E-state index contributed by atoms with van der Waals surface area (Å²) < 4.78 is 16.8. The van der Waals surface area contributed by atoms with E-state index in [1.807, 2.05) is 36.4 Å². The molecule has 1 saturated heterocycles. The number of nitrogens with one attached hydrogen (secondary N) is 2. The number of amides is 3. The van der Waals surface area contributed by atoms with Gasteiger partial charge < -0.3 is 50.8 Å². The van der Waals surface area contributed by atoms with Crippen LogP contribution in [0, 0.1) is 5.92 Å². The molecule has 3 aromatic rings. The molecule has 0 aliphatic carbocycles. The van der Waals surface area contributed by atoms with E-state index in [1.165, 1.54) is 20.3 Å². The summed E-state index contributed by atoms with van der Waals surface area (Å²) in [6.07, 6.45) is 3.46. The highest BCUT2D eigenvalue weighted by molar-refractivity contribution is 6.30. The van der Waals surface area contributed by atoms with Crippen LogP contribution in [0.2, 0.25) is 5.02 Å². The molecule has 2 aliphatic heterocycles. The fraction of sp³-hybridized carbons (Fsp3) is 0.370. The predicted octanol–water partition coefficient (Wildman–Crippen LogP) is 7.01. The van der Waals surface area contributed by atoms with Crippen molar-refractivity contribution in [2.75, 3.05) is 55.9 Å². The van der Waals surface area contributed by atoms with E-state index >= 15 is 0 Å². The Labute approximate surface area is 361 Å². The van der Waals surface area contributed by atoms with Gasteiger partial charge in [-0.15, -0.1) is 0 Å². The maximum atomic E-state index is 13.7. The lowest BCUT2D eigenvalue weighted by atomic mass is 9.91. The molecular weight excluding hydrogens is 802 g/mol. The molecule has 3 aromatic carbocycles. The van der Waals surface area contributed by atoms with Gasteiger partial charge in [-0.3, -0.25) is 14.5 Å². The van der Waals surface area contributed by atoms with Gasteiger partial charge in [0.15, 0.2) is 6.10 Å². The van der Waals surface area contributed by atoms with E-state index in [0.29, 0.717) is 28.3 Å². The number of aliphatic hydroxyl groups excluding tert-OH is 1. The molecule has 61 heavy (non-hydrogen) atoms. The van der Waals surface area contributed by atoms with Crippen molar-refractivity contribution in [3.8, 4) is 11.5 Å². The molecule has 0 saturated carbocycles. The van der Waals surface area contributed by atoms with Crippen LogP contribution in [0.4, 0.5) is 21.9 Å². The number of aliphatic hydroxyl groups is 1. The number of anilines is 3. The van der Waals surface area contributed by atoms with E-state index in [-0.39, 0.29) is 28.9 Å². The van der Waals surface area contributed by atoms with E-state index in [4.69, 9.17) is 31.5 Å². The first-order chi connectivity index (χ1) is 29.1. The third-order valence-corrected chi connectivity index (χ3v) is 11.2. The molecule has 1 fully saturated rings. The third kappa shape index (κ3) is 12.2. The van der Waals surface area contributed by atoms with Crippen LogP contribution in [0.1, 0.15) is 55.6 Å². The number of nitrogens with zero attached hydrogens (tertiary/aromatic N) is 2. The normalized spacial score (nSPS) is 24.7. The Kier molecular flexibility index (Phi) is 16.2. The second-order valence-electron chi connectivity index (χ2n) is 15.4. The number of nitrogens with two attached hydrogens (primary N) is 1. The summed E-state index contributed by atoms with van der Waals surface area (Å²) in [7, 11) is 2.88. The summed E-state index contributed by atoms with van der Waals surface area (Å²) >= 11 is 6.06. The number of methoxy groups -OCH3 is 2. The van der Waals surface area contributed by atoms with E-state index in [1.54, 1.807) is 64.1 Å². The number of halogens is 1. The molecule has 0 spiro atoms. The summed E-state index contributed by atoms with van der Waals surface area (Å²) in [5.74, 6) is -2.48. The average Bonchev–Trinajstić information content (AvgIpc) is 3.23. The van der Waals surface area contributed by atoms with Crippen molar-refractivity contribution in [3.63, 3.8) is 0 Å². The van der Waals surface area contributed by atoms with Gasteiger partial charge in [0.2, 0.25) is 0 Å². The fourth-order valence-corrected chi connectivity index (χ4v) is 7.56. The van der Waals surface area contributed by atoms with Crippen LogP contribution in [0.15, 0.2) is 95.6 Å². The summed E-state index contributed by atoms with van der Waals surface area (Å²) in [6, 6.07) is 16.2. The van der Waals surface area contributed by atoms with Crippen molar-refractivity contribution in [1.82, 2.24) is 4.90 Å². The second kappa shape index (κ2) is 21.2. The van der Waals surface area contributed by atoms with E-state index < -0.39 is 59.7 Å². The molecule has 3 amide bonds. The molecule has 14 nitrogen and oxygen atoms in total. The zero-order valence-electron chi connectivity index (χ0n) is 35.4. The minimum absolute atomic E-state index is 0.0254. The molecule has 5 rings (SSSR count). The number of carbonyl (C=O) groups is 3. The number of allylic oxidation sites excluding steroid dienone is 2. The molecular formula is C46H56ClN5O9. The van der Waals surface area contributed by atoms with Crippen molar-refractivity contribution < 1.29 is 43.9 Å². The van der Waals surface area contributed by atoms with Gasteiger partial charge in [0, 0.05) is 86.3 Å². The number of hydrogen-bond acceptors (Lipinski definition) is 11. The maximum Gasteiger partial charge on any atom is 0.405 e. The number of ether oxygens (including phenoxy) is 3. The first kappa shape index (κ1) is 46.4. The van der Waals surface area contributed by atoms with Gasteiger partial charge in [-0.05, 0) is 80.8 Å². The minimum Gasteiger partial charge on any atom is -0.506 e. The molecule has 2 heterocycles. The zero-order chi connectivity index (χ0) is 44.4. The van der Waals surface area contributed by atoms with Gasteiger partial charge in [-0.25, -0.2) is 4.79 Å². The number of aromatic hydroxyl groups is 2. The molecule has 326 valence electrons. The highest BCUT2D eigenvalue weighted by atomic mass is 35.5. The van der Waals surface area contributed by atoms with Gasteiger partial charge in [0.1, 0.15) is 17.6 Å². The van der Waals surface area contributed by atoms with Crippen molar-refractivity contribution in [1.29, 1.82) is 0 Å². The lowest BCUT2D eigenvalue weighted by molar-refractivity contribution is -0.112. The van der Waals surface area contributed by atoms with Gasteiger partial charge in [0.05, 0.1) is 23.6 Å². The Bertz CT molecular complexity index is 2160. The van der Waals surface area contributed by atoms with Gasteiger partial charge in [-0.1, -0.05) is 60.5 Å².